The maximum absolute atomic E-state index is 13.5. The Morgan fingerprint density at radius 2 is 1.56 bits per heavy atom. The smallest absolute Gasteiger partial charge is 0.272 e. The summed E-state index contributed by atoms with van der Waals surface area (Å²) in [6, 6.07) is 26.1. The number of thioether (sulfide) groups is 1. The van der Waals surface area contributed by atoms with Crippen LogP contribution < -0.4 is 20.1 Å². The number of amides is 2. The molecule has 0 aliphatic carbocycles. The average molecular weight is 571 g/mol. The van der Waals surface area contributed by atoms with Crippen molar-refractivity contribution in [1.82, 2.24) is 5.32 Å². The predicted molar refractivity (Wildman–Crippen MR) is 158 cm³/mol. The third-order valence-corrected chi connectivity index (χ3v) is 6.88. The second-order valence-corrected chi connectivity index (χ2v) is 9.71. The highest BCUT2D eigenvalue weighted by molar-refractivity contribution is 8.00. The van der Waals surface area contributed by atoms with Crippen molar-refractivity contribution in [3.05, 3.63) is 125 Å². The summed E-state index contributed by atoms with van der Waals surface area (Å²) in [6.45, 7) is 0. The van der Waals surface area contributed by atoms with E-state index in [0.717, 1.165) is 4.90 Å². The van der Waals surface area contributed by atoms with Crippen molar-refractivity contribution in [2.45, 2.75) is 4.90 Å². The number of rotatable bonds is 11. The monoisotopic (exact) mass is 570 g/mol. The number of methoxy groups -OCH3 is 2. The van der Waals surface area contributed by atoms with Crippen LogP contribution >= 0.6 is 11.8 Å². The fourth-order valence-corrected chi connectivity index (χ4v) is 4.70. The van der Waals surface area contributed by atoms with Gasteiger partial charge in [-0.05, 0) is 66.7 Å². The number of benzene rings is 4. The van der Waals surface area contributed by atoms with E-state index in [1.165, 1.54) is 56.3 Å². The van der Waals surface area contributed by atoms with Crippen molar-refractivity contribution in [2.24, 2.45) is 0 Å². The molecule has 0 saturated heterocycles. The number of hydrogen-bond donors (Lipinski definition) is 2. The second kappa shape index (κ2) is 14.0. The zero-order valence-corrected chi connectivity index (χ0v) is 23.2. The van der Waals surface area contributed by atoms with Crippen LogP contribution in [0.3, 0.4) is 0 Å². The minimum atomic E-state index is -0.566. The van der Waals surface area contributed by atoms with E-state index >= 15 is 0 Å². The lowest BCUT2D eigenvalue weighted by atomic mass is 10.1. The van der Waals surface area contributed by atoms with Gasteiger partial charge in [-0.2, -0.15) is 0 Å². The molecule has 0 radical (unpaired) electrons. The van der Waals surface area contributed by atoms with Crippen LogP contribution in [-0.2, 0) is 4.79 Å². The molecule has 2 N–H and O–H groups in total. The van der Waals surface area contributed by atoms with Crippen LogP contribution in [0.4, 0.5) is 10.1 Å². The Hall–Kier alpha value is -4.89. The minimum absolute atomic E-state index is 0.0186. The molecule has 7 nitrogen and oxygen atoms in total. The van der Waals surface area contributed by atoms with E-state index in [1.54, 1.807) is 66.7 Å². The van der Waals surface area contributed by atoms with Crippen molar-refractivity contribution >= 4 is 41.1 Å². The fourth-order valence-electron chi connectivity index (χ4n) is 3.85. The van der Waals surface area contributed by atoms with Crippen LogP contribution in [0.25, 0.3) is 6.08 Å². The summed E-state index contributed by atoms with van der Waals surface area (Å²) >= 11 is 1.29. The molecule has 4 aromatic carbocycles. The molecule has 0 atom stereocenters. The fraction of sp³-hybridized carbons (Fsp3) is 0.0938. The number of nitrogens with one attached hydrogen (secondary N) is 2. The summed E-state index contributed by atoms with van der Waals surface area (Å²) in [5, 5.41) is 5.52. The number of ketones is 1. The van der Waals surface area contributed by atoms with E-state index in [-0.39, 0.29) is 17.2 Å². The first kappa shape index (κ1) is 29.1. The van der Waals surface area contributed by atoms with Crippen LogP contribution in [0.1, 0.15) is 26.3 Å². The lowest BCUT2D eigenvalue weighted by molar-refractivity contribution is -0.113. The molecule has 4 aromatic rings. The molecule has 0 aliphatic rings. The number of halogens is 1. The Balaban J connectivity index is 1.55. The number of para-hydroxylation sites is 1. The summed E-state index contributed by atoms with van der Waals surface area (Å²) in [4.78, 5) is 39.7. The van der Waals surface area contributed by atoms with Gasteiger partial charge < -0.3 is 20.1 Å². The molecule has 0 saturated carbocycles. The summed E-state index contributed by atoms with van der Waals surface area (Å²) in [5.74, 6) is -0.576. The van der Waals surface area contributed by atoms with Gasteiger partial charge in [0.2, 0.25) is 0 Å². The van der Waals surface area contributed by atoms with Crippen LogP contribution in [0, 0.1) is 5.82 Å². The first-order valence-electron chi connectivity index (χ1n) is 12.5. The molecule has 41 heavy (non-hydrogen) atoms. The van der Waals surface area contributed by atoms with Gasteiger partial charge in [-0.15, -0.1) is 11.8 Å². The lowest BCUT2D eigenvalue weighted by Crippen LogP contribution is -2.30. The normalized spacial score (nSPS) is 11.0. The Kier molecular flexibility index (Phi) is 9.90. The zero-order chi connectivity index (χ0) is 29.2. The second-order valence-electron chi connectivity index (χ2n) is 8.66. The van der Waals surface area contributed by atoms with Crippen LogP contribution in [0.5, 0.6) is 11.5 Å². The molecule has 0 spiro atoms. The third-order valence-electron chi connectivity index (χ3n) is 5.89. The van der Waals surface area contributed by atoms with Gasteiger partial charge in [0.1, 0.15) is 11.5 Å². The summed E-state index contributed by atoms with van der Waals surface area (Å²) in [6.07, 6.45) is 1.51. The van der Waals surface area contributed by atoms with Gasteiger partial charge in [0.25, 0.3) is 11.8 Å². The molecular weight excluding hydrogens is 543 g/mol. The van der Waals surface area contributed by atoms with Gasteiger partial charge in [-0.1, -0.05) is 36.4 Å². The van der Waals surface area contributed by atoms with Gasteiger partial charge >= 0.3 is 0 Å². The molecule has 0 unspecified atom stereocenters. The number of Topliss-reactive ketones (excluding diaryl/α,β-unsaturated/α-hetero) is 1. The SMILES string of the molecule is COc1cccc(/C=C(\NC(=O)c2ccccc2)C(=O)Nc2cccc(SCC(=O)c3ccc(F)cc3)c2)c1OC. The molecule has 0 aromatic heterocycles. The Bertz CT molecular complexity index is 1570. The molecule has 2 amide bonds. The van der Waals surface area contributed by atoms with Gasteiger partial charge in [0, 0.05) is 27.3 Å². The molecule has 0 fully saturated rings. The molecule has 0 bridgehead atoms. The minimum Gasteiger partial charge on any atom is -0.493 e. The van der Waals surface area contributed by atoms with Crippen molar-refractivity contribution in [2.75, 3.05) is 25.3 Å². The third kappa shape index (κ3) is 7.83. The number of ether oxygens (including phenoxy) is 2. The maximum atomic E-state index is 13.5. The highest BCUT2D eigenvalue weighted by Gasteiger charge is 2.18. The van der Waals surface area contributed by atoms with E-state index in [4.69, 9.17) is 9.47 Å². The standard InChI is InChI=1S/C32H27FN2O5S/c1-39-29-13-6-10-23(30(29)40-2)18-27(35-31(37)22-8-4-3-5-9-22)32(38)34-25-11-7-12-26(19-25)41-20-28(36)21-14-16-24(33)17-15-21/h3-19H,20H2,1-2H3,(H,34,38)(H,35,37)/b27-18-. The Morgan fingerprint density at radius 1 is 0.829 bits per heavy atom. The quantitative estimate of drug-likeness (QED) is 0.126. The molecule has 208 valence electrons. The topological polar surface area (TPSA) is 93.7 Å². The predicted octanol–water partition coefficient (Wildman–Crippen LogP) is 6.23. The maximum Gasteiger partial charge on any atom is 0.272 e. The molecule has 0 aliphatic heterocycles. The van der Waals surface area contributed by atoms with E-state index in [0.29, 0.717) is 33.9 Å². The van der Waals surface area contributed by atoms with Crippen molar-refractivity contribution in [3.63, 3.8) is 0 Å². The van der Waals surface area contributed by atoms with Gasteiger partial charge in [-0.25, -0.2) is 4.39 Å². The number of carbonyl (C=O) groups excluding carboxylic acids is 3. The first-order chi connectivity index (χ1) is 19.9. The van der Waals surface area contributed by atoms with Gasteiger partial charge in [0.15, 0.2) is 17.3 Å². The van der Waals surface area contributed by atoms with E-state index < -0.39 is 17.6 Å². The molecular formula is C32H27FN2O5S. The Morgan fingerprint density at radius 3 is 2.27 bits per heavy atom. The molecule has 9 heteroatoms. The van der Waals surface area contributed by atoms with Gasteiger partial charge in [0.05, 0.1) is 20.0 Å². The van der Waals surface area contributed by atoms with Crippen molar-refractivity contribution < 1.29 is 28.2 Å². The van der Waals surface area contributed by atoms with Crippen LogP contribution in [0.2, 0.25) is 0 Å². The van der Waals surface area contributed by atoms with E-state index in [9.17, 15) is 18.8 Å². The molecule has 0 heterocycles. The van der Waals surface area contributed by atoms with Crippen LogP contribution in [-0.4, -0.2) is 37.6 Å². The average Bonchev–Trinajstić information content (AvgIpc) is 3.00. The van der Waals surface area contributed by atoms with Crippen molar-refractivity contribution in [1.29, 1.82) is 0 Å². The highest BCUT2D eigenvalue weighted by atomic mass is 32.2. The number of anilines is 1. The molecule has 4 rings (SSSR count). The van der Waals surface area contributed by atoms with E-state index in [1.807, 2.05) is 6.07 Å². The van der Waals surface area contributed by atoms with Crippen molar-refractivity contribution in [3.8, 4) is 11.5 Å². The largest absolute Gasteiger partial charge is 0.493 e. The highest BCUT2D eigenvalue weighted by Crippen LogP contribution is 2.32. The lowest BCUT2D eigenvalue weighted by Gasteiger charge is -2.14. The first-order valence-corrected chi connectivity index (χ1v) is 13.5. The summed E-state index contributed by atoms with van der Waals surface area (Å²) in [5.41, 5.74) is 1.77. The van der Waals surface area contributed by atoms with Crippen LogP contribution in [0.15, 0.2) is 108 Å². The zero-order valence-electron chi connectivity index (χ0n) is 22.3. The number of carbonyl (C=O) groups is 3. The van der Waals surface area contributed by atoms with E-state index in [2.05, 4.69) is 10.6 Å². The Labute approximate surface area is 241 Å². The number of hydrogen-bond acceptors (Lipinski definition) is 6. The summed E-state index contributed by atoms with van der Waals surface area (Å²) in [7, 11) is 3.00. The summed E-state index contributed by atoms with van der Waals surface area (Å²) < 4.78 is 24.0. The van der Waals surface area contributed by atoms with Gasteiger partial charge in [-0.3, -0.25) is 14.4 Å².